The molecule has 74 valence electrons. The maximum Gasteiger partial charge on any atom is 0.0992 e. The third-order valence-electron chi connectivity index (χ3n) is 4.15. The van der Waals surface area contributed by atoms with Crippen LogP contribution in [0.15, 0.2) is 0 Å². The Labute approximate surface area is 80.2 Å². The lowest BCUT2D eigenvalue weighted by Crippen LogP contribution is -2.56. The molecule has 0 amide bonds. The molecule has 1 aliphatic carbocycles. The summed E-state index contributed by atoms with van der Waals surface area (Å²) in [6, 6.07) is 0.899. The van der Waals surface area contributed by atoms with Crippen molar-refractivity contribution in [2.24, 2.45) is 11.8 Å². The number of piperidine rings is 1. The highest BCUT2D eigenvalue weighted by Crippen LogP contribution is 2.40. The summed E-state index contributed by atoms with van der Waals surface area (Å²) in [5.41, 5.74) is 0. The first kappa shape index (κ1) is 8.25. The van der Waals surface area contributed by atoms with Crippen molar-refractivity contribution in [2.45, 2.75) is 38.1 Å². The van der Waals surface area contributed by atoms with Crippen molar-refractivity contribution in [3.05, 3.63) is 0 Å². The highest BCUT2D eigenvalue weighted by atomic mass is 16.5. The van der Waals surface area contributed by atoms with Crippen LogP contribution in [0, 0.1) is 11.8 Å². The van der Waals surface area contributed by atoms with Crippen LogP contribution in [0.3, 0.4) is 0 Å². The average molecular weight is 181 g/mol. The van der Waals surface area contributed by atoms with Gasteiger partial charge in [0.1, 0.15) is 0 Å². The van der Waals surface area contributed by atoms with Crippen LogP contribution >= 0.6 is 0 Å². The Hall–Kier alpha value is -0.0800. The molecule has 2 aliphatic heterocycles. The molecule has 0 aromatic rings. The third-order valence-corrected chi connectivity index (χ3v) is 4.15. The predicted octanol–water partition coefficient (Wildman–Crippen LogP) is 1.85. The maximum absolute atomic E-state index is 5.65. The van der Waals surface area contributed by atoms with Gasteiger partial charge in [-0.25, -0.2) is 0 Å². The zero-order chi connectivity index (χ0) is 8.67. The fourth-order valence-electron chi connectivity index (χ4n) is 3.64. The lowest BCUT2D eigenvalue weighted by atomic mass is 9.72. The van der Waals surface area contributed by atoms with Crippen LogP contribution in [0.1, 0.15) is 32.1 Å². The summed E-state index contributed by atoms with van der Waals surface area (Å²) in [5.74, 6) is 1.88. The number of hydrogen-bond acceptors (Lipinski definition) is 2. The lowest BCUT2D eigenvalue weighted by Gasteiger charge is -2.51. The Bertz CT molecular complexity index is 149. The maximum atomic E-state index is 5.65. The second-order valence-corrected chi connectivity index (χ2v) is 4.90. The van der Waals surface area contributed by atoms with Crippen LogP contribution in [0.5, 0.6) is 0 Å². The molecule has 2 heteroatoms. The molecule has 0 aromatic carbocycles. The van der Waals surface area contributed by atoms with Crippen LogP contribution < -0.4 is 0 Å². The third kappa shape index (κ3) is 1.31. The summed E-state index contributed by atoms with van der Waals surface area (Å²) in [7, 11) is 0. The fourth-order valence-corrected chi connectivity index (χ4v) is 3.64. The summed E-state index contributed by atoms with van der Waals surface area (Å²) >= 11 is 0. The Balaban J connectivity index is 1.82. The molecule has 0 spiro atoms. The van der Waals surface area contributed by atoms with Gasteiger partial charge >= 0.3 is 0 Å². The van der Waals surface area contributed by atoms with Gasteiger partial charge in [0.25, 0.3) is 0 Å². The molecule has 1 saturated carbocycles. The van der Waals surface area contributed by atoms with Crippen molar-refractivity contribution in [1.82, 2.24) is 4.90 Å². The first-order chi connectivity index (χ1) is 6.45. The monoisotopic (exact) mass is 181 g/mol. The smallest absolute Gasteiger partial charge is 0.0992 e. The molecular formula is C11H19NO. The SMILES string of the molecule is C1C[C@H]2CCCN3COC[C@H](C1)[C@@H]23. The molecule has 0 unspecified atom stereocenters. The minimum atomic E-state index is 0.868. The van der Waals surface area contributed by atoms with Crippen molar-refractivity contribution in [3.63, 3.8) is 0 Å². The Morgan fingerprint density at radius 3 is 2.85 bits per heavy atom. The van der Waals surface area contributed by atoms with Crippen LogP contribution in [0.25, 0.3) is 0 Å². The van der Waals surface area contributed by atoms with Crippen LogP contribution in [0.4, 0.5) is 0 Å². The first-order valence-corrected chi connectivity index (χ1v) is 5.77. The van der Waals surface area contributed by atoms with E-state index in [0.717, 1.165) is 31.2 Å². The van der Waals surface area contributed by atoms with Crippen LogP contribution in [-0.4, -0.2) is 30.8 Å². The molecule has 0 radical (unpaired) electrons. The van der Waals surface area contributed by atoms with Crippen LogP contribution in [0.2, 0.25) is 0 Å². The number of rotatable bonds is 0. The molecule has 3 atom stereocenters. The molecule has 2 saturated heterocycles. The quantitative estimate of drug-likeness (QED) is 0.565. The Morgan fingerprint density at radius 2 is 1.85 bits per heavy atom. The van der Waals surface area contributed by atoms with E-state index < -0.39 is 0 Å². The molecule has 2 heterocycles. The summed E-state index contributed by atoms with van der Waals surface area (Å²) in [6.45, 7) is 3.24. The standard InChI is InChI=1S/C11H19NO/c1-3-9-5-2-6-12-8-13-7-10(4-1)11(9)12/h9-11H,1-8H2/t9-,10-,11+/m0/s1. The van der Waals surface area contributed by atoms with Gasteiger partial charge < -0.3 is 4.74 Å². The van der Waals surface area contributed by atoms with Gasteiger partial charge in [0.05, 0.1) is 13.3 Å². The zero-order valence-corrected chi connectivity index (χ0v) is 8.24. The fraction of sp³-hybridized carbons (Fsp3) is 1.00. The average Bonchev–Trinajstić information content (AvgIpc) is 2.19. The van der Waals surface area contributed by atoms with Gasteiger partial charge in [-0.3, -0.25) is 4.90 Å². The molecule has 3 rings (SSSR count). The number of ether oxygens (including phenoxy) is 1. The second kappa shape index (κ2) is 3.25. The Morgan fingerprint density at radius 1 is 1.00 bits per heavy atom. The summed E-state index contributed by atoms with van der Waals surface area (Å²) < 4.78 is 5.65. The first-order valence-electron chi connectivity index (χ1n) is 5.77. The van der Waals surface area contributed by atoms with E-state index in [1.807, 2.05) is 0 Å². The van der Waals surface area contributed by atoms with Gasteiger partial charge in [-0.2, -0.15) is 0 Å². The van der Waals surface area contributed by atoms with E-state index in [2.05, 4.69) is 4.90 Å². The van der Waals surface area contributed by atoms with E-state index in [4.69, 9.17) is 4.74 Å². The Kier molecular flexibility index (Phi) is 2.06. The lowest BCUT2D eigenvalue weighted by molar-refractivity contribution is -0.128. The van der Waals surface area contributed by atoms with Crippen molar-refractivity contribution < 1.29 is 4.74 Å². The van der Waals surface area contributed by atoms with E-state index in [1.54, 1.807) is 0 Å². The molecule has 3 fully saturated rings. The van der Waals surface area contributed by atoms with Gasteiger partial charge in [0.2, 0.25) is 0 Å². The molecule has 3 aliphatic rings. The van der Waals surface area contributed by atoms with Crippen molar-refractivity contribution in [1.29, 1.82) is 0 Å². The highest BCUT2D eigenvalue weighted by molar-refractivity contribution is 4.93. The largest absolute Gasteiger partial charge is 0.366 e. The van der Waals surface area contributed by atoms with Gasteiger partial charge in [-0.05, 0) is 37.5 Å². The number of nitrogens with zero attached hydrogens (tertiary/aromatic N) is 1. The van der Waals surface area contributed by atoms with Crippen molar-refractivity contribution in [2.75, 3.05) is 19.9 Å². The van der Waals surface area contributed by atoms with E-state index >= 15 is 0 Å². The molecule has 0 aromatic heterocycles. The predicted molar refractivity (Wildman–Crippen MR) is 51.4 cm³/mol. The second-order valence-electron chi connectivity index (χ2n) is 4.90. The van der Waals surface area contributed by atoms with E-state index in [1.165, 1.54) is 38.6 Å². The van der Waals surface area contributed by atoms with Crippen LogP contribution in [-0.2, 0) is 4.74 Å². The molecule has 0 bridgehead atoms. The van der Waals surface area contributed by atoms with Crippen molar-refractivity contribution in [3.8, 4) is 0 Å². The number of hydrogen-bond donors (Lipinski definition) is 0. The highest BCUT2D eigenvalue weighted by Gasteiger charge is 2.41. The van der Waals surface area contributed by atoms with E-state index in [0.29, 0.717) is 0 Å². The van der Waals surface area contributed by atoms with E-state index in [-0.39, 0.29) is 0 Å². The topological polar surface area (TPSA) is 12.5 Å². The molecule has 13 heavy (non-hydrogen) atoms. The van der Waals surface area contributed by atoms with Gasteiger partial charge in [0.15, 0.2) is 0 Å². The van der Waals surface area contributed by atoms with E-state index in [9.17, 15) is 0 Å². The summed E-state index contributed by atoms with van der Waals surface area (Å²) in [6.07, 6.45) is 7.23. The minimum absolute atomic E-state index is 0.868. The molecule has 2 nitrogen and oxygen atoms in total. The zero-order valence-electron chi connectivity index (χ0n) is 8.24. The van der Waals surface area contributed by atoms with Crippen molar-refractivity contribution >= 4 is 0 Å². The summed E-state index contributed by atoms with van der Waals surface area (Å²) in [5, 5.41) is 0. The summed E-state index contributed by atoms with van der Waals surface area (Å²) in [4.78, 5) is 2.60. The normalized spacial score (nSPS) is 45.7. The van der Waals surface area contributed by atoms with Gasteiger partial charge in [-0.15, -0.1) is 0 Å². The van der Waals surface area contributed by atoms with Gasteiger partial charge in [0, 0.05) is 12.6 Å². The molecule has 0 N–H and O–H groups in total. The molecular weight excluding hydrogens is 162 g/mol. The van der Waals surface area contributed by atoms with Gasteiger partial charge in [-0.1, -0.05) is 6.42 Å². The minimum Gasteiger partial charge on any atom is -0.366 e.